The lowest BCUT2D eigenvalue weighted by molar-refractivity contribution is -0.0440. The number of carbonyl (C=O) groups excluding carboxylic acids is 1. The molecule has 1 atom stereocenters. The van der Waals surface area contributed by atoms with Gasteiger partial charge in [-0.1, -0.05) is 18.2 Å². The van der Waals surface area contributed by atoms with Gasteiger partial charge in [-0.2, -0.15) is 0 Å². The quantitative estimate of drug-likeness (QED) is 0.866. The van der Waals surface area contributed by atoms with Crippen molar-refractivity contribution in [1.82, 2.24) is 0 Å². The Morgan fingerprint density at radius 1 is 1.18 bits per heavy atom. The fourth-order valence-electron chi connectivity index (χ4n) is 2.36. The molecule has 0 saturated carbocycles. The molecular formula is C17H15F2NO2. The summed E-state index contributed by atoms with van der Waals surface area (Å²) in [4.78, 5) is 14.0. The topological polar surface area (TPSA) is 29.5 Å². The van der Waals surface area contributed by atoms with Crippen LogP contribution in [0.5, 0.6) is 0 Å². The second-order valence-corrected chi connectivity index (χ2v) is 5.16. The molecule has 1 unspecified atom stereocenters. The summed E-state index contributed by atoms with van der Waals surface area (Å²) in [5, 5.41) is 0. The van der Waals surface area contributed by atoms with Crippen LogP contribution in [-0.4, -0.2) is 25.2 Å². The number of benzene rings is 2. The summed E-state index contributed by atoms with van der Waals surface area (Å²) in [5.41, 5.74) is 0.510. The molecule has 0 N–H and O–H groups in total. The van der Waals surface area contributed by atoms with Crippen molar-refractivity contribution in [1.29, 1.82) is 0 Å². The van der Waals surface area contributed by atoms with Gasteiger partial charge in [-0.3, -0.25) is 4.79 Å². The van der Waals surface area contributed by atoms with Crippen molar-refractivity contribution in [3.8, 4) is 0 Å². The number of rotatable bonds is 4. The van der Waals surface area contributed by atoms with E-state index in [1.54, 1.807) is 30.3 Å². The maximum Gasteiger partial charge on any atom is 0.258 e. The van der Waals surface area contributed by atoms with Gasteiger partial charge < -0.3 is 9.64 Å². The van der Waals surface area contributed by atoms with Gasteiger partial charge in [-0.05, 0) is 30.7 Å². The Kier molecular flexibility index (Phi) is 4.15. The molecule has 2 aromatic rings. The summed E-state index contributed by atoms with van der Waals surface area (Å²) in [6, 6.07) is 11.8. The van der Waals surface area contributed by atoms with E-state index in [1.165, 1.54) is 11.0 Å². The minimum atomic E-state index is -0.761. The van der Waals surface area contributed by atoms with Crippen molar-refractivity contribution in [2.75, 3.05) is 18.1 Å². The standard InChI is InChI=1S/C17H15F2NO2/c18-13-6-7-16(15(19)10-13)20(11-14-8-9-22-14)17(21)12-4-2-1-3-5-12/h1-7,10,14H,8-9,11H2. The smallest absolute Gasteiger partial charge is 0.258 e. The fraction of sp³-hybridized carbons (Fsp3) is 0.235. The van der Waals surface area contributed by atoms with Crippen LogP contribution in [-0.2, 0) is 4.74 Å². The van der Waals surface area contributed by atoms with Crippen LogP contribution in [0.1, 0.15) is 16.8 Å². The lowest BCUT2D eigenvalue weighted by atomic mass is 10.1. The highest BCUT2D eigenvalue weighted by Gasteiger charge is 2.27. The molecule has 1 aliphatic rings. The van der Waals surface area contributed by atoms with Gasteiger partial charge in [0.15, 0.2) is 0 Å². The van der Waals surface area contributed by atoms with Crippen molar-refractivity contribution < 1.29 is 18.3 Å². The molecule has 1 aliphatic heterocycles. The summed E-state index contributed by atoms with van der Waals surface area (Å²) < 4.78 is 32.5. The molecule has 1 saturated heterocycles. The van der Waals surface area contributed by atoms with E-state index in [-0.39, 0.29) is 24.2 Å². The Balaban J connectivity index is 1.94. The first kappa shape index (κ1) is 14.7. The van der Waals surface area contributed by atoms with E-state index in [1.807, 2.05) is 0 Å². The molecule has 22 heavy (non-hydrogen) atoms. The second-order valence-electron chi connectivity index (χ2n) is 5.16. The molecule has 1 fully saturated rings. The van der Waals surface area contributed by atoms with Crippen LogP contribution in [0.4, 0.5) is 14.5 Å². The second kappa shape index (κ2) is 6.23. The molecule has 2 aromatic carbocycles. The van der Waals surface area contributed by atoms with Crippen LogP contribution < -0.4 is 4.90 Å². The molecule has 0 radical (unpaired) electrons. The molecule has 0 aromatic heterocycles. The number of carbonyl (C=O) groups is 1. The van der Waals surface area contributed by atoms with E-state index in [2.05, 4.69) is 0 Å². The summed E-state index contributed by atoms with van der Waals surface area (Å²) in [5.74, 6) is -1.77. The predicted molar refractivity (Wildman–Crippen MR) is 78.8 cm³/mol. The van der Waals surface area contributed by atoms with Crippen molar-refractivity contribution in [2.45, 2.75) is 12.5 Å². The SMILES string of the molecule is O=C(c1ccccc1)N(CC1CCO1)c1ccc(F)cc1F. The number of nitrogens with zero attached hydrogens (tertiary/aromatic N) is 1. The average Bonchev–Trinajstić information content (AvgIpc) is 2.48. The zero-order chi connectivity index (χ0) is 15.5. The van der Waals surface area contributed by atoms with Gasteiger partial charge in [-0.15, -0.1) is 0 Å². The van der Waals surface area contributed by atoms with E-state index in [0.29, 0.717) is 12.2 Å². The molecule has 3 rings (SSSR count). The van der Waals surface area contributed by atoms with Crippen molar-refractivity contribution >= 4 is 11.6 Å². The molecule has 3 nitrogen and oxygen atoms in total. The highest BCUT2D eigenvalue weighted by atomic mass is 19.1. The van der Waals surface area contributed by atoms with Gasteiger partial charge in [0, 0.05) is 18.2 Å². The number of hydrogen-bond donors (Lipinski definition) is 0. The Labute approximate surface area is 127 Å². The number of halogens is 2. The van der Waals surface area contributed by atoms with Crippen molar-refractivity contribution in [3.63, 3.8) is 0 Å². The number of amides is 1. The van der Waals surface area contributed by atoms with Crippen LogP contribution in [0, 0.1) is 11.6 Å². The summed E-state index contributed by atoms with van der Waals surface area (Å²) >= 11 is 0. The maximum atomic E-state index is 14.1. The number of hydrogen-bond acceptors (Lipinski definition) is 2. The first-order valence-electron chi connectivity index (χ1n) is 7.09. The van der Waals surface area contributed by atoms with E-state index in [9.17, 15) is 13.6 Å². The molecule has 0 spiro atoms. The third-order valence-electron chi connectivity index (χ3n) is 3.65. The summed E-state index contributed by atoms with van der Waals surface area (Å²) in [7, 11) is 0. The Bertz CT molecular complexity index is 672. The molecule has 1 amide bonds. The average molecular weight is 303 g/mol. The predicted octanol–water partition coefficient (Wildman–Crippen LogP) is 3.40. The molecular weight excluding hydrogens is 288 g/mol. The molecule has 0 aliphatic carbocycles. The van der Waals surface area contributed by atoms with Gasteiger partial charge in [0.25, 0.3) is 5.91 Å². The number of ether oxygens (including phenoxy) is 1. The first-order valence-corrected chi connectivity index (χ1v) is 7.09. The molecule has 1 heterocycles. The van der Waals surface area contributed by atoms with Crippen LogP contribution >= 0.6 is 0 Å². The van der Waals surface area contributed by atoms with Crippen LogP contribution in [0.25, 0.3) is 0 Å². The third kappa shape index (κ3) is 2.99. The zero-order valence-electron chi connectivity index (χ0n) is 11.8. The normalized spacial score (nSPS) is 16.9. The zero-order valence-corrected chi connectivity index (χ0v) is 11.8. The van der Waals surface area contributed by atoms with Crippen LogP contribution in [0.2, 0.25) is 0 Å². The van der Waals surface area contributed by atoms with Crippen molar-refractivity contribution in [2.24, 2.45) is 0 Å². The van der Waals surface area contributed by atoms with E-state index in [4.69, 9.17) is 4.74 Å². The summed E-state index contributed by atoms with van der Waals surface area (Å²) in [6.45, 7) is 0.889. The minimum absolute atomic E-state index is 0.0609. The molecule has 5 heteroatoms. The maximum absolute atomic E-state index is 14.1. The van der Waals surface area contributed by atoms with E-state index < -0.39 is 11.6 Å². The Morgan fingerprint density at radius 3 is 2.50 bits per heavy atom. The van der Waals surface area contributed by atoms with Gasteiger partial charge in [-0.25, -0.2) is 8.78 Å². The van der Waals surface area contributed by atoms with Crippen molar-refractivity contribution in [3.05, 3.63) is 65.7 Å². The third-order valence-corrected chi connectivity index (χ3v) is 3.65. The minimum Gasteiger partial charge on any atom is -0.376 e. The molecule has 114 valence electrons. The van der Waals surface area contributed by atoms with Gasteiger partial charge in [0.2, 0.25) is 0 Å². The van der Waals surface area contributed by atoms with Crippen LogP contribution in [0.15, 0.2) is 48.5 Å². The lowest BCUT2D eigenvalue weighted by Crippen LogP contribution is -2.43. The monoisotopic (exact) mass is 303 g/mol. The van der Waals surface area contributed by atoms with E-state index >= 15 is 0 Å². The summed E-state index contributed by atoms with van der Waals surface area (Å²) in [6.07, 6.45) is 0.707. The lowest BCUT2D eigenvalue weighted by Gasteiger charge is -2.33. The highest BCUT2D eigenvalue weighted by Crippen LogP contribution is 2.25. The highest BCUT2D eigenvalue weighted by molar-refractivity contribution is 6.06. The first-order chi connectivity index (χ1) is 10.6. The number of anilines is 1. The fourth-order valence-corrected chi connectivity index (χ4v) is 2.36. The molecule has 0 bridgehead atoms. The van der Waals surface area contributed by atoms with Gasteiger partial charge >= 0.3 is 0 Å². The largest absolute Gasteiger partial charge is 0.376 e. The Morgan fingerprint density at radius 2 is 1.91 bits per heavy atom. The van der Waals surface area contributed by atoms with Crippen LogP contribution in [0.3, 0.4) is 0 Å². The van der Waals surface area contributed by atoms with Gasteiger partial charge in [0.1, 0.15) is 11.6 Å². The van der Waals surface area contributed by atoms with E-state index in [0.717, 1.165) is 18.6 Å². The van der Waals surface area contributed by atoms with Gasteiger partial charge in [0.05, 0.1) is 18.3 Å². The Hall–Kier alpha value is -2.27.